The zero-order chi connectivity index (χ0) is 40.3. The molecule has 14 nitrogen and oxygen atoms in total. The molecule has 0 spiro atoms. The fourth-order valence-corrected chi connectivity index (χ4v) is 11.0. The quantitative estimate of drug-likeness (QED) is 0.131. The highest BCUT2D eigenvalue weighted by Gasteiger charge is 2.39. The lowest BCUT2D eigenvalue weighted by Crippen LogP contribution is -2.43. The summed E-state index contributed by atoms with van der Waals surface area (Å²) in [5.41, 5.74) is 2.04. The molecule has 0 unspecified atom stereocenters. The molecular formula is C39H46IN7O7S2. The molecule has 5 aromatic rings. The van der Waals surface area contributed by atoms with Gasteiger partial charge < -0.3 is 14.2 Å². The minimum Gasteiger partial charge on any atom is -0.497 e. The first kappa shape index (κ1) is 41.5. The fourth-order valence-electron chi connectivity index (χ4n) is 6.49. The first-order valence-electron chi connectivity index (χ1n) is 17.9. The lowest BCUT2D eigenvalue weighted by Gasteiger charge is -2.31. The number of halogens is 1. The molecule has 1 atom stereocenters. The Kier molecular flexibility index (Phi) is 12.7. The van der Waals surface area contributed by atoms with Gasteiger partial charge in [0.25, 0.3) is 0 Å². The van der Waals surface area contributed by atoms with Gasteiger partial charge in [0.05, 0.1) is 33.4 Å². The number of likely N-dealkylation sites (tertiary alicyclic amines) is 1. The molecule has 298 valence electrons. The second-order valence-electron chi connectivity index (χ2n) is 14.4. The third-order valence-corrected chi connectivity index (χ3v) is 14.1. The molecule has 0 bridgehead atoms. The average molecular weight is 916 g/mol. The van der Waals surface area contributed by atoms with Gasteiger partial charge in [0.15, 0.2) is 0 Å². The van der Waals surface area contributed by atoms with Crippen molar-refractivity contribution >= 4 is 42.6 Å². The van der Waals surface area contributed by atoms with Crippen LogP contribution in [0.4, 0.5) is 0 Å². The zero-order valence-corrected chi connectivity index (χ0v) is 35.9. The summed E-state index contributed by atoms with van der Waals surface area (Å²) < 4.78 is 80.6. The van der Waals surface area contributed by atoms with E-state index in [0.29, 0.717) is 51.5 Å². The summed E-state index contributed by atoms with van der Waals surface area (Å²) in [7, 11) is -4.41. The van der Waals surface area contributed by atoms with E-state index in [-0.39, 0.29) is 36.6 Å². The van der Waals surface area contributed by atoms with Gasteiger partial charge in [-0.05, 0) is 120 Å². The van der Waals surface area contributed by atoms with Gasteiger partial charge in [-0.3, -0.25) is 4.90 Å². The molecule has 17 heteroatoms. The van der Waals surface area contributed by atoms with Crippen LogP contribution in [0, 0.1) is 3.57 Å². The molecule has 2 heterocycles. The molecule has 0 aliphatic carbocycles. The Balaban J connectivity index is 1.49. The first-order chi connectivity index (χ1) is 26.6. The molecule has 0 amide bonds. The molecular weight excluding hydrogens is 870 g/mol. The van der Waals surface area contributed by atoms with Gasteiger partial charge in [-0.2, -0.15) is 9.10 Å². The van der Waals surface area contributed by atoms with Crippen molar-refractivity contribution in [3.63, 3.8) is 0 Å². The maximum Gasteiger partial charge on any atom is 0.245 e. The van der Waals surface area contributed by atoms with Crippen LogP contribution in [-0.2, 0) is 39.7 Å². The van der Waals surface area contributed by atoms with Crippen LogP contribution < -0.4 is 18.9 Å². The summed E-state index contributed by atoms with van der Waals surface area (Å²) in [5, 5.41) is 13.2. The third kappa shape index (κ3) is 9.51. The smallest absolute Gasteiger partial charge is 0.245 e. The fraction of sp³-hybridized carbons (Fsp3) is 0.359. The summed E-state index contributed by atoms with van der Waals surface area (Å²) >= 11 is 2.00. The van der Waals surface area contributed by atoms with Crippen molar-refractivity contribution in [3.05, 3.63) is 105 Å². The summed E-state index contributed by atoms with van der Waals surface area (Å²) in [4.78, 5) is 2.71. The van der Waals surface area contributed by atoms with Gasteiger partial charge in [-0.15, -0.1) is 10.2 Å². The largest absolute Gasteiger partial charge is 0.497 e. The van der Waals surface area contributed by atoms with E-state index in [0.717, 1.165) is 5.56 Å². The van der Waals surface area contributed by atoms with E-state index >= 15 is 8.42 Å². The van der Waals surface area contributed by atoms with Crippen LogP contribution in [0.5, 0.6) is 17.2 Å². The van der Waals surface area contributed by atoms with Crippen LogP contribution in [0.1, 0.15) is 43.9 Å². The van der Waals surface area contributed by atoms with Crippen LogP contribution in [0.3, 0.4) is 0 Å². The van der Waals surface area contributed by atoms with Crippen molar-refractivity contribution in [2.45, 2.75) is 68.2 Å². The highest BCUT2D eigenvalue weighted by atomic mass is 127. The van der Waals surface area contributed by atoms with Crippen molar-refractivity contribution in [2.24, 2.45) is 0 Å². The Hall–Kier alpha value is -4.14. The third-order valence-electron chi connectivity index (χ3n) is 9.61. The molecule has 1 aliphatic heterocycles. The lowest BCUT2D eigenvalue weighted by atomic mass is 10.1. The predicted octanol–water partition coefficient (Wildman–Crippen LogP) is 5.56. The molecule has 1 fully saturated rings. The molecule has 6 rings (SSSR count). The Morgan fingerprint density at radius 3 is 1.79 bits per heavy atom. The van der Waals surface area contributed by atoms with Crippen LogP contribution in [0.2, 0.25) is 0 Å². The zero-order valence-electron chi connectivity index (χ0n) is 32.1. The van der Waals surface area contributed by atoms with E-state index in [4.69, 9.17) is 14.2 Å². The van der Waals surface area contributed by atoms with Gasteiger partial charge in [0.2, 0.25) is 25.9 Å². The number of rotatable bonds is 15. The normalized spacial score (nSPS) is 15.3. The van der Waals surface area contributed by atoms with Crippen molar-refractivity contribution in [1.29, 1.82) is 0 Å². The highest BCUT2D eigenvalue weighted by Crippen LogP contribution is 2.38. The summed E-state index contributed by atoms with van der Waals surface area (Å²) in [6, 6.07) is 23.9. The second kappa shape index (κ2) is 17.2. The lowest BCUT2D eigenvalue weighted by molar-refractivity contribution is 0.172. The van der Waals surface area contributed by atoms with Crippen LogP contribution in [-0.4, -0.2) is 92.2 Å². The number of hydrogen-bond acceptors (Lipinski definition) is 11. The second-order valence-corrected chi connectivity index (χ2v) is 19.2. The first-order valence-corrected chi connectivity index (χ1v) is 21.9. The number of tetrazole rings is 1. The molecule has 1 N–H and O–H groups in total. The Labute approximate surface area is 342 Å². The maximum atomic E-state index is 15.5. The number of ether oxygens (including phenoxy) is 3. The molecule has 1 aromatic heterocycles. The molecule has 0 saturated carbocycles. The average Bonchev–Trinajstić information content (AvgIpc) is 3.85. The van der Waals surface area contributed by atoms with Gasteiger partial charge in [0, 0.05) is 41.3 Å². The van der Waals surface area contributed by atoms with Crippen LogP contribution >= 0.6 is 22.6 Å². The summed E-state index contributed by atoms with van der Waals surface area (Å²) in [6.45, 7) is 7.46. The standard InChI is InChI=1S/C39H46IN7O7S2/c1-39(2,3)45-22-21-30(26-45)43-55(48,49)35-20-19-34(40)36(38-41-44-47(42-38)25-29-11-17-33(54-6)18-12-29)37(35)56(50,51)46(23-27-7-13-31(52-4)14-8-27)24-28-9-15-32(53-5)16-10-28/h7-20,30,43H,21-26H2,1-6H3/t30-/m1/s1. The van der Waals surface area contributed by atoms with E-state index in [2.05, 4.69) is 45.8 Å². The number of nitrogens with one attached hydrogen (secondary N) is 1. The molecule has 4 aromatic carbocycles. The number of aromatic nitrogens is 4. The monoisotopic (exact) mass is 915 g/mol. The summed E-state index contributed by atoms with van der Waals surface area (Å²) in [6.07, 6.45) is 0.568. The van der Waals surface area contributed by atoms with E-state index in [1.54, 1.807) is 75.9 Å². The van der Waals surface area contributed by atoms with E-state index in [1.807, 2.05) is 46.9 Å². The minimum absolute atomic E-state index is 0.0339. The van der Waals surface area contributed by atoms with Gasteiger partial charge in [-0.1, -0.05) is 36.4 Å². The maximum absolute atomic E-state index is 15.5. The van der Waals surface area contributed by atoms with Crippen molar-refractivity contribution in [2.75, 3.05) is 34.4 Å². The predicted molar refractivity (Wildman–Crippen MR) is 221 cm³/mol. The molecule has 1 aliphatic rings. The number of hydrogen-bond donors (Lipinski definition) is 1. The molecule has 1 saturated heterocycles. The van der Waals surface area contributed by atoms with Crippen LogP contribution in [0.15, 0.2) is 94.7 Å². The van der Waals surface area contributed by atoms with Gasteiger partial charge >= 0.3 is 0 Å². The number of benzene rings is 4. The van der Waals surface area contributed by atoms with E-state index in [1.165, 1.54) is 15.2 Å². The highest BCUT2D eigenvalue weighted by molar-refractivity contribution is 14.1. The minimum atomic E-state index is -4.66. The van der Waals surface area contributed by atoms with Crippen molar-refractivity contribution in [1.82, 2.24) is 34.1 Å². The Morgan fingerprint density at radius 1 is 0.786 bits per heavy atom. The number of sulfonamides is 2. The van der Waals surface area contributed by atoms with E-state index < -0.39 is 35.9 Å². The molecule has 0 radical (unpaired) electrons. The van der Waals surface area contributed by atoms with Gasteiger partial charge in [0.1, 0.15) is 27.0 Å². The topological polar surface area (TPSA) is 158 Å². The number of nitrogens with zero attached hydrogens (tertiary/aromatic N) is 6. The molecule has 56 heavy (non-hydrogen) atoms. The Bertz CT molecular complexity index is 2300. The number of methoxy groups -OCH3 is 3. The van der Waals surface area contributed by atoms with Crippen molar-refractivity contribution in [3.8, 4) is 28.6 Å². The van der Waals surface area contributed by atoms with Crippen molar-refractivity contribution < 1.29 is 31.0 Å². The summed E-state index contributed by atoms with van der Waals surface area (Å²) in [5.74, 6) is 1.87. The van der Waals surface area contributed by atoms with Gasteiger partial charge in [-0.25, -0.2) is 21.6 Å². The Morgan fingerprint density at radius 2 is 1.30 bits per heavy atom. The van der Waals surface area contributed by atoms with E-state index in [9.17, 15) is 8.42 Å². The van der Waals surface area contributed by atoms with Crippen LogP contribution in [0.25, 0.3) is 11.4 Å². The SMILES string of the molecule is COc1ccc(CN(Cc2ccc(OC)cc2)S(=O)(=O)c2c(S(=O)(=O)N[C@@H]3CCN(C(C)(C)C)C3)ccc(I)c2-c2nnn(Cc3ccc(OC)cc3)n2)cc1.